The van der Waals surface area contributed by atoms with Crippen LogP contribution in [0, 0.1) is 5.82 Å². The van der Waals surface area contributed by atoms with E-state index in [2.05, 4.69) is 0 Å². The minimum Gasteiger partial charge on any atom is -0.504 e. The van der Waals surface area contributed by atoms with Crippen LogP contribution in [0.5, 0.6) is 11.5 Å². The van der Waals surface area contributed by atoms with Gasteiger partial charge < -0.3 is 15.9 Å². The van der Waals surface area contributed by atoms with Gasteiger partial charge in [0.25, 0.3) is 0 Å². The number of hydrogen-bond donors (Lipinski definition) is 3. The van der Waals surface area contributed by atoms with Crippen LogP contribution in [-0.4, -0.2) is 16.8 Å². The van der Waals surface area contributed by atoms with E-state index < -0.39 is 23.2 Å². The standard InChI is InChI=1S/C9H11ClFNO2/c1-4(3-12)7-8(11)5(10)2-6(13)9(7)14/h2,4,13-14H,3,12H2,1H3. The van der Waals surface area contributed by atoms with Crippen molar-refractivity contribution >= 4 is 11.6 Å². The largest absolute Gasteiger partial charge is 0.504 e. The Morgan fingerprint density at radius 1 is 1.57 bits per heavy atom. The van der Waals surface area contributed by atoms with Gasteiger partial charge in [0.1, 0.15) is 5.82 Å². The molecule has 0 aliphatic rings. The maximum Gasteiger partial charge on any atom is 0.164 e. The predicted molar refractivity (Wildman–Crippen MR) is 52.2 cm³/mol. The van der Waals surface area contributed by atoms with Gasteiger partial charge in [-0.1, -0.05) is 18.5 Å². The first kappa shape index (κ1) is 11.1. The van der Waals surface area contributed by atoms with Crippen molar-refractivity contribution in [3.8, 4) is 11.5 Å². The molecule has 0 aliphatic carbocycles. The molecule has 0 amide bonds. The first-order valence-electron chi connectivity index (χ1n) is 4.09. The van der Waals surface area contributed by atoms with Crippen molar-refractivity contribution in [3.63, 3.8) is 0 Å². The number of halogens is 2. The lowest BCUT2D eigenvalue weighted by atomic mass is 9.99. The van der Waals surface area contributed by atoms with Crippen LogP contribution in [0.25, 0.3) is 0 Å². The van der Waals surface area contributed by atoms with Gasteiger partial charge in [-0.05, 0) is 6.54 Å². The van der Waals surface area contributed by atoms with Crippen molar-refractivity contribution in [2.45, 2.75) is 12.8 Å². The molecule has 0 bridgehead atoms. The summed E-state index contributed by atoms with van der Waals surface area (Å²) in [6.07, 6.45) is 0. The van der Waals surface area contributed by atoms with E-state index >= 15 is 0 Å². The van der Waals surface area contributed by atoms with Crippen LogP contribution >= 0.6 is 11.6 Å². The van der Waals surface area contributed by atoms with Gasteiger partial charge in [-0.3, -0.25) is 0 Å². The van der Waals surface area contributed by atoms with Crippen molar-refractivity contribution in [3.05, 3.63) is 22.5 Å². The zero-order chi connectivity index (χ0) is 10.9. The number of nitrogens with two attached hydrogens (primary N) is 1. The Labute approximate surface area is 85.9 Å². The van der Waals surface area contributed by atoms with Crippen molar-refractivity contribution in [1.29, 1.82) is 0 Å². The highest BCUT2D eigenvalue weighted by molar-refractivity contribution is 6.31. The molecule has 0 radical (unpaired) electrons. The Balaban J connectivity index is 3.39. The Hall–Kier alpha value is -1.00. The van der Waals surface area contributed by atoms with Crippen LogP contribution in [0.15, 0.2) is 6.07 Å². The molecule has 0 heterocycles. The van der Waals surface area contributed by atoms with Gasteiger partial charge >= 0.3 is 0 Å². The number of benzene rings is 1. The van der Waals surface area contributed by atoms with E-state index in [9.17, 15) is 14.6 Å². The zero-order valence-electron chi connectivity index (χ0n) is 7.59. The Morgan fingerprint density at radius 3 is 2.64 bits per heavy atom. The lowest BCUT2D eigenvalue weighted by Crippen LogP contribution is -2.11. The summed E-state index contributed by atoms with van der Waals surface area (Å²) in [7, 11) is 0. The molecule has 0 saturated carbocycles. The van der Waals surface area contributed by atoms with E-state index in [1.54, 1.807) is 6.92 Å². The van der Waals surface area contributed by atoms with E-state index in [4.69, 9.17) is 17.3 Å². The molecular formula is C9H11ClFNO2. The number of hydrogen-bond acceptors (Lipinski definition) is 3. The van der Waals surface area contributed by atoms with Gasteiger partial charge in [0, 0.05) is 17.5 Å². The SMILES string of the molecule is CC(CN)c1c(O)c(O)cc(Cl)c1F. The molecule has 5 heteroatoms. The van der Waals surface area contributed by atoms with E-state index in [-0.39, 0.29) is 17.1 Å². The molecule has 1 rings (SSSR count). The van der Waals surface area contributed by atoms with Gasteiger partial charge in [-0.25, -0.2) is 4.39 Å². The van der Waals surface area contributed by atoms with Crippen molar-refractivity contribution < 1.29 is 14.6 Å². The highest BCUT2D eigenvalue weighted by Crippen LogP contribution is 2.39. The highest BCUT2D eigenvalue weighted by atomic mass is 35.5. The molecule has 78 valence electrons. The van der Waals surface area contributed by atoms with E-state index in [1.807, 2.05) is 0 Å². The monoisotopic (exact) mass is 219 g/mol. The fraction of sp³-hybridized carbons (Fsp3) is 0.333. The van der Waals surface area contributed by atoms with Crippen LogP contribution < -0.4 is 5.73 Å². The first-order chi connectivity index (χ1) is 6.49. The normalized spacial score (nSPS) is 12.9. The van der Waals surface area contributed by atoms with Crippen LogP contribution in [0.1, 0.15) is 18.4 Å². The number of phenolic OH excluding ortho intramolecular Hbond substituents is 2. The minimum atomic E-state index is -0.736. The van der Waals surface area contributed by atoms with Crippen molar-refractivity contribution in [2.75, 3.05) is 6.54 Å². The second-order valence-electron chi connectivity index (χ2n) is 3.09. The summed E-state index contributed by atoms with van der Waals surface area (Å²) in [5.41, 5.74) is 5.30. The third-order valence-electron chi connectivity index (χ3n) is 2.05. The van der Waals surface area contributed by atoms with Gasteiger partial charge in [-0.2, -0.15) is 0 Å². The fourth-order valence-corrected chi connectivity index (χ4v) is 1.40. The third kappa shape index (κ3) is 1.76. The lowest BCUT2D eigenvalue weighted by Gasteiger charge is -2.14. The Kier molecular flexibility index (Phi) is 3.18. The van der Waals surface area contributed by atoms with Crippen molar-refractivity contribution in [1.82, 2.24) is 0 Å². The summed E-state index contributed by atoms with van der Waals surface area (Å²) in [5, 5.41) is 18.4. The summed E-state index contributed by atoms with van der Waals surface area (Å²) in [5.74, 6) is -2.07. The number of phenols is 2. The number of rotatable bonds is 2. The predicted octanol–water partition coefficient (Wildman–Crippen LogP) is 1.95. The molecular weight excluding hydrogens is 209 g/mol. The average molecular weight is 220 g/mol. The molecule has 3 nitrogen and oxygen atoms in total. The first-order valence-corrected chi connectivity index (χ1v) is 4.46. The minimum absolute atomic E-state index is 0.0440. The van der Waals surface area contributed by atoms with Gasteiger partial charge in [-0.15, -0.1) is 0 Å². The molecule has 0 spiro atoms. The molecule has 0 fully saturated rings. The summed E-state index contributed by atoms with van der Waals surface area (Å²) >= 11 is 5.51. The van der Waals surface area contributed by atoms with Gasteiger partial charge in [0.05, 0.1) is 5.02 Å². The molecule has 4 N–H and O–H groups in total. The summed E-state index contributed by atoms with van der Waals surface area (Å²) in [4.78, 5) is 0. The Morgan fingerprint density at radius 2 is 2.14 bits per heavy atom. The molecule has 0 saturated heterocycles. The van der Waals surface area contributed by atoms with Gasteiger partial charge in [0.15, 0.2) is 11.5 Å². The zero-order valence-corrected chi connectivity index (χ0v) is 8.35. The van der Waals surface area contributed by atoms with Crippen molar-refractivity contribution in [2.24, 2.45) is 5.73 Å². The molecule has 0 aliphatic heterocycles. The number of aromatic hydroxyl groups is 2. The molecule has 1 unspecified atom stereocenters. The summed E-state index contributed by atoms with van der Waals surface area (Å²) < 4.78 is 13.4. The molecule has 1 atom stereocenters. The lowest BCUT2D eigenvalue weighted by molar-refractivity contribution is 0.390. The second-order valence-corrected chi connectivity index (χ2v) is 3.50. The van der Waals surface area contributed by atoms with E-state index in [1.165, 1.54) is 0 Å². The molecule has 1 aromatic rings. The Bertz CT molecular complexity index is 331. The smallest absolute Gasteiger partial charge is 0.164 e. The summed E-state index contributed by atoms with van der Waals surface area (Å²) in [6.45, 7) is 1.79. The van der Waals surface area contributed by atoms with E-state index in [0.29, 0.717) is 0 Å². The van der Waals surface area contributed by atoms with Gasteiger partial charge in [0.2, 0.25) is 0 Å². The molecule has 14 heavy (non-hydrogen) atoms. The quantitative estimate of drug-likeness (QED) is 0.666. The van der Waals surface area contributed by atoms with Crippen LogP contribution in [-0.2, 0) is 0 Å². The molecule has 0 aromatic heterocycles. The fourth-order valence-electron chi connectivity index (χ4n) is 1.19. The third-order valence-corrected chi connectivity index (χ3v) is 2.33. The van der Waals surface area contributed by atoms with Crippen LogP contribution in [0.4, 0.5) is 4.39 Å². The van der Waals surface area contributed by atoms with Crippen LogP contribution in [0.3, 0.4) is 0 Å². The maximum absolute atomic E-state index is 13.4. The topological polar surface area (TPSA) is 66.5 Å². The van der Waals surface area contributed by atoms with Crippen LogP contribution in [0.2, 0.25) is 5.02 Å². The summed E-state index contributed by atoms with van der Waals surface area (Å²) in [6, 6.07) is 0.957. The second kappa shape index (κ2) is 4.02. The average Bonchev–Trinajstić information content (AvgIpc) is 2.15. The highest BCUT2D eigenvalue weighted by Gasteiger charge is 2.20. The molecule has 1 aromatic carbocycles. The maximum atomic E-state index is 13.4. The van der Waals surface area contributed by atoms with E-state index in [0.717, 1.165) is 6.07 Å².